The topological polar surface area (TPSA) is 12.0 Å². The summed E-state index contributed by atoms with van der Waals surface area (Å²) in [5.41, 5.74) is 0.314. The van der Waals surface area contributed by atoms with Crippen molar-refractivity contribution in [3.05, 3.63) is 35.4 Å². The van der Waals surface area contributed by atoms with Gasteiger partial charge in [-0.25, -0.2) is 0 Å². The lowest BCUT2D eigenvalue weighted by Crippen LogP contribution is -2.39. The van der Waals surface area contributed by atoms with Gasteiger partial charge >= 0.3 is 6.18 Å². The molecule has 0 amide bonds. The zero-order valence-electron chi connectivity index (χ0n) is 12.3. The summed E-state index contributed by atoms with van der Waals surface area (Å²) in [5.74, 6) is 0. The van der Waals surface area contributed by atoms with Crippen LogP contribution in [0.15, 0.2) is 24.3 Å². The summed E-state index contributed by atoms with van der Waals surface area (Å²) in [7, 11) is 0. The fraction of sp³-hybridized carbons (Fsp3) is 0.625. The molecule has 118 valence electrons. The first-order chi connectivity index (χ1) is 9.95. The van der Waals surface area contributed by atoms with Crippen LogP contribution in [0.1, 0.15) is 43.2 Å². The van der Waals surface area contributed by atoms with Gasteiger partial charge in [0.2, 0.25) is 0 Å². The molecular formula is C16H22F3NS. The lowest BCUT2D eigenvalue weighted by Gasteiger charge is -2.36. The van der Waals surface area contributed by atoms with Crippen LogP contribution in [0.3, 0.4) is 0 Å². The molecule has 5 heteroatoms. The van der Waals surface area contributed by atoms with Crippen LogP contribution in [-0.2, 0) is 12.7 Å². The van der Waals surface area contributed by atoms with E-state index >= 15 is 0 Å². The average Bonchev–Trinajstić information content (AvgIpc) is 2.48. The van der Waals surface area contributed by atoms with Gasteiger partial charge in [-0.15, -0.1) is 0 Å². The zero-order valence-corrected chi connectivity index (χ0v) is 13.1. The van der Waals surface area contributed by atoms with Gasteiger partial charge in [-0.2, -0.15) is 24.9 Å². The smallest absolute Gasteiger partial charge is 0.311 e. The lowest BCUT2D eigenvalue weighted by molar-refractivity contribution is -0.137. The highest BCUT2D eigenvalue weighted by molar-refractivity contribution is 8.00. The second-order valence-corrected chi connectivity index (χ2v) is 7.02. The van der Waals surface area contributed by atoms with Crippen LogP contribution in [0.5, 0.6) is 0 Å². The van der Waals surface area contributed by atoms with Crippen molar-refractivity contribution in [1.82, 2.24) is 5.32 Å². The molecule has 0 aliphatic heterocycles. The molecule has 1 saturated carbocycles. The Kier molecular flexibility index (Phi) is 5.60. The average molecular weight is 317 g/mol. The van der Waals surface area contributed by atoms with Crippen LogP contribution in [0.2, 0.25) is 0 Å². The molecule has 1 fully saturated rings. The van der Waals surface area contributed by atoms with Gasteiger partial charge in [0.1, 0.15) is 0 Å². The Morgan fingerprint density at radius 2 is 1.71 bits per heavy atom. The normalized spacial score (nSPS) is 18.7. The number of alkyl halides is 3. The first-order valence-electron chi connectivity index (χ1n) is 7.37. The predicted octanol–water partition coefficient (Wildman–Crippen LogP) is 4.86. The van der Waals surface area contributed by atoms with E-state index in [-0.39, 0.29) is 0 Å². The SMILES string of the molecule is CSC1(CNCc2ccc(C(F)(F)F)cc2)CCCCC1. The van der Waals surface area contributed by atoms with Crippen LogP contribution in [0, 0.1) is 0 Å². The molecule has 0 unspecified atom stereocenters. The molecule has 1 aromatic carbocycles. The molecule has 1 N–H and O–H groups in total. The Morgan fingerprint density at radius 3 is 2.24 bits per heavy atom. The maximum absolute atomic E-state index is 12.5. The summed E-state index contributed by atoms with van der Waals surface area (Å²) in [6.07, 6.45) is 4.25. The molecule has 0 heterocycles. The first kappa shape index (κ1) is 16.7. The Morgan fingerprint density at radius 1 is 1.10 bits per heavy atom. The Labute approximate surface area is 128 Å². The minimum absolute atomic E-state index is 0.310. The van der Waals surface area contributed by atoms with Crippen LogP contribution in [0.25, 0.3) is 0 Å². The van der Waals surface area contributed by atoms with Crippen molar-refractivity contribution in [3.8, 4) is 0 Å². The van der Waals surface area contributed by atoms with Crippen LogP contribution < -0.4 is 5.32 Å². The maximum Gasteiger partial charge on any atom is 0.416 e. The number of rotatable bonds is 5. The van der Waals surface area contributed by atoms with E-state index in [1.54, 1.807) is 12.1 Å². The number of halogens is 3. The van der Waals surface area contributed by atoms with Gasteiger partial charge in [-0.3, -0.25) is 0 Å². The summed E-state index contributed by atoms with van der Waals surface area (Å²) >= 11 is 1.92. The quantitative estimate of drug-likeness (QED) is 0.832. The van der Waals surface area contributed by atoms with Crippen molar-refractivity contribution in [2.75, 3.05) is 12.8 Å². The van der Waals surface area contributed by atoms with Crippen LogP contribution >= 0.6 is 11.8 Å². The Bertz CT molecular complexity index is 436. The first-order valence-corrected chi connectivity index (χ1v) is 8.60. The van der Waals surface area contributed by atoms with Gasteiger partial charge in [0.25, 0.3) is 0 Å². The molecule has 0 atom stereocenters. The zero-order chi connectivity index (χ0) is 15.3. The van der Waals surface area contributed by atoms with Crippen molar-refractivity contribution in [2.24, 2.45) is 0 Å². The molecule has 1 aromatic rings. The fourth-order valence-corrected chi connectivity index (χ4v) is 3.84. The summed E-state index contributed by atoms with van der Waals surface area (Å²) in [4.78, 5) is 0. The summed E-state index contributed by atoms with van der Waals surface area (Å²) in [6.45, 7) is 1.55. The summed E-state index contributed by atoms with van der Waals surface area (Å²) < 4.78 is 37.8. The highest BCUT2D eigenvalue weighted by Gasteiger charge is 2.31. The minimum Gasteiger partial charge on any atom is -0.311 e. The molecule has 1 aliphatic rings. The van der Waals surface area contributed by atoms with Crippen molar-refractivity contribution in [3.63, 3.8) is 0 Å². The Hall–Kier alpha value is -0.680. The number of hydrogen-bond donors (Lipinski definition) is 1. The highest BCUT2D eigenvalue weighted by Crippen LogP contribution is 2.38. The fourth-order valence-electron chi connectivity index (χ4n) is 2.90. The number of thioether (sulfide) groups is 1. The number of hydrogen-bond acceptors (Lipinski definition) is 2. The minimum atomic E-state index is -4.25. The second-order valence-electron chi connectivity index (χ2n) is 5.75. The number of nitrogens with one attached hydrogen (secondary N) is 1. The molecule has 0 radical (unpaired) electrons. The number of benzene rings is 1. The summed E-state index contributed by atoms with van der Waals surface area (Å²) in [6, 6.07) is 5.43. The van der Waals surface area contributed by atoms with Crippen molar-refractivity contribution in [2.45, 2.75) is 49.6 Å². The van der Waals surface area contributed by atoms with E-state index in [2.05, 4.69) is 11.6 Å². The molecule has 21 heavy (non-hydrogen) atoms. The van der Waals surface area contributed by atoms with E-state index in [0.717, 1.165) is 24.2 Å². The van der Waals surface area contributed by atoms with Gasteiger partial charge < -0.3 is 5.32 Å². The molecule has 0 spiro atoms. The van der Waals surface area contributed by atoms with E-state index in [0.29, 0.717) is 11.3 Å². The molecule has 0 bridgehead atoms. The van der Waals surface area contributed by atoms with Gasteiger partial charge in [-0.05, 0) is 36.8 Å². The molecule has 2 rings (SSSR count). The van der Waals surface area contributed by atoms with Crippen molar-refractivity contribution >= 4 is 11.8 Å². The molecule has 1 aliphatic carbocycles. The third-order valence-corrected chi connectivity index (χ3v) is 5.67. The van der Waals surface area contributed by atoms with E-state index in [9.17, 15) is 13.2 Å². The largest absolute Gasteiger partial charge is 0.416 e. The standard InChI is InChI=1S/C16H22F3NS/c1-21-15(9-3-2-4-10-15)12-20-11-13-5-7-14(8-6-13)16(17,18)19/h5-8,20H,2-4,9-12H2,1H3. The van der Waals surface area contributed by atoms with Crippen molar-refractivity contribution < 1.29 is 13.2 Å². The predicted molar refractivity (Wildman–Crippen MR) is 82.5 cm³/mol. The van der Waals surface area contributed by atoms with E-state index in [4.69, 9.17) is 0 Å². The Balaban J connectivity index is 1.85. The highest BCUT2D eigenvalue weighted by atomic mass is 32.2. The molecule has 1 nitrogen and oxygen atoms in total. The van der Waals surface area contributed by atoms with Crippen molar-refractivity contribution in [1.29, 1.82) is 0 Å². The molecular weight excluding hydrogens is 295 g/mol. The van der Waals surface area contributed by atoms with Crippen LogP contribution in [0.4, 0.5) is 13.2 Å². The third kappa shape index (κ3) is 4.65. The summed E-state index contributed by atoms with van der Waals surface area (Å²) in [5, 5.41) is 3.42. The monoisotopic (exact) mass is 317 g/mol. The molecule has 0 aromatic heterocycles. The van der Waals surface area contributed by atoms with Gasteiger partial charge in [0.05, 0.1) is 5.56 Å². The van der Waals surface area contributed by atoms with Gasteiger partial charge in [0.15, 0.2) is 0 Å². The lowest BCUT2D eigenvalue weighted by atomic mass is 9.88. The van der Waals surface area contributed by atoms with E-state index in [1.807, 2.05) is 11.8 Å². The maximum atomic E-state index is 12.5. The second kappa shape index (κ2) is 7.05. The van der Waals surface area contributed by atoms with E-state index in [1.165, 1.54) is 32.1 Å². The third-order valence-electron chi connectivity index (χ3n) is 4.26. The molecule has 0 saturated heterocycles. The van der Waals surface area contributed by atoms with Gasteiger partial charge in [0, 0.05) is 17.8 Å². The van der Waals surface area contributed by atoms with Gasteiger partial charge in [-0.1, -0.05) is 31.4 Å². The van der Waals surface area contributed by atoms with E-state index < -0.39 is 11.7 Å². The van der Waals surface area contributed by atoms with Crippen LogP contribution in [-0.4, -0.2) is 17.5 Å².